The standard InChI is InChI=1S/C6H7N5O2/c1-11-4-2(8-5(12)10-4)3(7)9-6(11)13/h1H3,(H2,7,9,13)(H2,8,10,12). The molecule has 7 nitrogen and oxygen atoms in total. The van der Waals surface area contributed by atoms with E-state index in [9.17, 15) is 9.59 Å². The van der Waals surface area contributed by atoms with Crippen molar-refractivity contribution >= 4 is 17.0 Å². The predicted molar refractivity (Wildman–Crippen MR) is 46.4 cm³/mol. The molecule has 0 atom stereocenters. The molecular formula is C6H7N5O2. The molecule has 0 saturated heterocycles. The fraction of sp³-hybridized carbons (Fsp3) is 0.167. The van der Waals surface area contributed by atoms with E-state index in [1.54, 1.807) is 0 Å². The molecule has 2 aromatic heterocycles. The fourth-order valence-electron chi connectivity index (χ4n) is 1.14. The Morgan fingerprint density at radius 2 is 2.08 bits per heavy atom. The molecule has 0 spiro atoms. The van der Waals surface area contributed by atoms with Gasteiger partial charge >= 0.3 is 11.4 Å². The van der Waals surface area contributed by atoms with Gasteiger partial charge in [0.15, 0.2) is 5.82 Å². The van der Waals surface area contributed by atoms with Crippen LogP contribution in [0.3, 0.4) is 0 Å². The number of nitrogens with one attached hydrogen (secondary N) is 2. The van der Waals surface area contributed by atoms with Gasteiger partial charge < -0.3 is 10.7 Å². The van der Waals surface area contributed by atoms with Crippen LogP contribution in [0.25, 0.3) is 11.2 Å². The Bertz CT molecular complexity index is 575. The molecule has 0 aliphatic rings. The number of aryl methyl sites for hydroxylation is 1. The zero-order valence-electron chi connectivity index (χ0n) is 6.79. The van der Waals surface area contributed by atoms with E-state index in [4.69, 9.17) is 5.73 Å². The molecular weight excluding hydrogens is 174 g/mol. The Balaban J connectivity index is 3.13. The molecule has 0 aliphatic carbocycles. The van der Waals surface area contributed by atoms with Crippen molar-refractivity contribution in [2.75, 3.05) is 5.73 Å². The lowest BCUT2D eigenvalue weighted by atomic mass is 10.5. The fourth-order valence-corrected chi connectivity index (χ4v) is 1.14. The lowest BCUT2D eigenvalue weighted by molar-refractivity contribution is 0.844. The van der Waals surface area contributed by atoms with Crippen LogP contribution in [0, 0.1) is 0 Å². The summed E-state index contributed by atoms with van der Waals surface area (Å²) in [6.45, 7) is 0. The van der Waals surface area contributed by atoms with Crippen LogP contribution >= 0.6 is 0 Å². The van der Waals surface area contributed by atoms with Crippen LogP contribution < -0.4 is 17.1 Å². The van der Waals surface area contributed by atoms with Gasteiger partial charge in [0.1, 0.15) is 11.2 Å². The van der Waals surface area contributed by atoms with E-state index >= 15 is 0 Å². The van der Waals surface area contributed by atoms with Crippen LogP contribution in [0.2, 0.25) is 0 Å². The Kier molecular flexibility index (Phi) is 1.30. The highest BCUT2D eigenvalue weighted by Crippen LogP contribution is 2.07. The molecule has 2 rings (SSSR count). The normalized spacial score (nSPS) is 10.8. The first kappa shape index (κ1) is 7.59. The number of rotatable bonds is 0. The van der Waals surface area contributed by atoms with Crippen LogP contribution in [0.1, 0.15) is 0 Å². The molecule has 68 valence electrons. The predicted octanol–water partition coefficient (Wildman–Crippen LogP) is -1.47. The number of H-pyrrole nitrogens is 2. The molecule has 0 aromatic carbocycles. The summed E-state index contributed by atoms with van der Waals surface area (Å²) < 4.78 is 1.21. The van der Waals surface area contributed by atoms with Gasteiger partial charge in [0, 0.05) is 7.05 Å². The van der Waals surface area contributed by atoms with Crippen LogP contribution in [-0.2, 0) is 7.05 Å². The molecule has 13 heavy (non-hydrogen) atoms. The second-order valence-corrected chi connectivity index (χ2v) is 2.64. The zero-order chi connectivity index (χ0) is 9.59. The Labute approximate surface area is 71.2 Å². The molecule has 2 aromatic rings. The number of imidazole rings is 1. The molecule has 0 bridgehead atoms. The van der Waals surface area contributed by atoms with Gasteiger partial charge in [-0.25, -0.2) is 9.59 Å². The Morgan fingerprint density at radius 1 is 1.38 bits per heavy atom. The van der Waals surface area contributed by atoms with E-state index < -0.39 is 11.4 Å². The van der Waals surface area contributed by atoms with Gasteiger partial charge in [-0.1, -0.05) is 0 Å². The highest BCUT2D eigenvalue weighted by atomic mass is 16.1. The van der Waals surface area contributed by atoms with Gasteiger partial charge in [-0.05, 0) is 0 Å². The summed E-state index contributed by atoms with van der Waals surface area (Å²) in [5, 5.41) is 0. The third kappa shape index (κ3) is 0.934. The first-order valence-corrected chi connectivity index (χ1v) is 3.54. The molecule has 0 unspecified atom stereocenters. The van der Waals surface area contributed by atoms with Gasteiger partial charge in [-0.15, -0.1) is 0 Å². The smallest absolute Gasteiger partial charge is 0.350 e. The van der Waals surface area contributed by atoms with Crippen molar-refractivity contribution in [3.8, 4) is 0 Å². The maximum Gasteiger partial charge on any atom is 0.350 e. The Morgan fingerprint density at radius 3 is 2.77 bits per heavy atom. The van der Waals surface area contributed by atoms with Crippen molar-refractivity contribution < 1.29 is 0 Å². The zero-order valence-corrected chi connectivity index (χ0v) is 6.79. The molecule has 4 N–H and O–H groups in total. The van der Waals surface area contributed by atoms with E-state index in [-0.39, 0.29) is 5.82 Å². The second-order valence-electron chi connectivity index (χ2n) is 2.64. The number of nitrogens with zero attached hydrogens (tertiary/aromatic N) is 2. The number of hydrogen-bond donors (Lipinski definition) is 3. The lowest BCUT2D eigenvalue weighted by Gasteiger charge is -1.98. The van der Waals surface area contributed by atoms with Crippen LogP contribution in [0.4, 0.5) is 5.82 Å². The summed E-state index contributed by atoms with van der Waals surface area (Å²) in [7, 11) is 1.50. The maximum absolute atomic E-state index is 11.1. The van der Waals surface area contributed by atoms with E-state index in [2.05, 4.69) is 15.0 Å². The van der Waals surface area contributed by atoms with Gasteiger partial charge in [0.05, 0.1) is 0 Å². The minimum atomic E-state index is -0.500. The third-order valence-corrected chi connectivity index (χ3v) is 1.80. The first-order chi connectivity index (χ1) is 6.09. The van der Waals surface area contributed by atoms with Gasteiger partial charge in [-0.3, -0.25) is 9.55 Å². The number of aromatic amines is 2. The summed E-state index contributed by atoms with van der Waals surface area (Å²) in [6, 6.07) is 0. The Hall–Kier alpha value is -2.05. The monoisotopic (exact) mass is 181 g/mol. The van der Waals surface area contributed by atoms with E-state index in [0.717, 1.165) is 0 Å². The summed E-state index contributed by atoms with van der Waals surface area (Å²) in [6.07, 6.45) is 0. The minimum Gasteiger partial charge on any atom is -0.382 e. The summed E-state index contributed by atoms with van der Waals surface area (Å²) in [4.78, 5) is 30.4. The summed E-state index contributed by atoms with van der Waals surface area (Å²) in [5.74, 6) is 0.0245. The first-order valence-electron chi connectivity index (χ1n) is 3.54. The van der Waals surface area contributed by atoms with Gasteiger partial charge in [-0.2, -0.15) is 4.98 Å². The van der Waals surface area contributed by atoms with Crippen molar-refractivity contribution in [1.29, 1.82) is 0 Å². The lowest BCUT2D eigenvalue weighted by Crippen LogP contribution is -2.21. The average Bonchev–Trinajstić information content (AvgIpc) is 2.44. The van der Waals surface area contributed by atoms with Crippen LogP contribution in [0.15, 0.2) is 9.59 Å². The molecule has 0 aliphatic heterocycles. The summed E-state index contributed by atoms with van der Waals surface area (Å²) in [5.41, 5.74) is 5.22. The van der Waals surface area contributed by atoms with Crippen molar-refractivity contribution in [2.24, 2.45) is 7.05 Å². The summed E-state index contributed by atoms with van der Waals surface area (Å²) >= 11 is 0. The number of anilines is 1. The average molecular weight is 181 g/mol. The topological polar surface area (TPSA) is 110 Å². The number of fused-ring (bicyclic) bond motifs is 1. The molecule has 2 heterocycles. The van der Waals surface area contributed by atoms with Gasteiger partial charge in [0.25, 0.3) is 0 Å². The quantitative estimate of drug-likeness (QED) is 0.461. The van der Waals surface area contributed by atoms with Crippen molar-refractivity contribution in [2.45, 2.75) is 0 Å². The van der Waals surface area contributed by atoms with E-state index in [0.29, 0.717) is 11.2 Å². The number of nitrogen functional groups attached to an aromatic ring is 1. The second kappa shape index (κ2) is 2.22. The third-order valence-electron chi connectivity index (χ3n) is 1.80. The number of nitrogens with two attached hydrogens (primary N) is 1. The van der Waals surface area contributed by atoms with E-state index in [1.165, 1.54) is 11.6 Å². The highest BCUT2D eigenvalue weighted by Gasteiger charge is 2.07. The minimum absolute atomic E-state index is 0.0245. The number of hydrogen-bond acceptors (Lipinski definition) is 4. The highest BCUT2D eigenvalue weighted by molar-refractivity contribution is 5.80. The van der Waals surface area contributed by atoms with E-state index in [1.807, 2.05) is 0 Å². The van der Waals surface area contributed by atoms with Gasteiger partial charge in [0.2, 0.25) is 0 Å². The molecule has 0 radical (unpaired) electrons. The SMILES string of the molecule is Cn1c(=O)nc(N)c2[nH]c(=O)[nH]c21. The maximum atomic E-state index is 11.1. The van der Waals surface area contributed by atoms with Crippen molar-refractivity contribution in [3.63, 3.8) is 0 Å². The van der Waals surface area contributed by atoms with Crippen molar-refractivity contribution in [1.82, 2.24) is 19.5 Å². The largest absolute Gasteiger partial charge is 0.382 e. The molecule has 0 amide bonds. The molecule has 0 fully saturated rings. The van der Waals surface area contributed by atoms with Crippen LogP contribution in [0.5, 0.6) is 0 Å². The molecule has 0 saturated carbocycles. The molecule has 7 heteroatoms. The number of aromatic nitrogens is 4. The van der Waals surface area contributed by atoms with Crippen LogP contribution in [-0.4, -0.2) is 19.5 Å². The van der Waals surface area contributed by atoms with Crippen molar-refractivity contribution in [3.05, 3.63) is 21.0 Å².